The fourth-order valence-electron chi connectivity index (χ4n) is 2.11. The number of aliphatic carboxylic acids is 1. The van der Waals surface area contributed by atoms with Gasteiger partial charge in [0, 0.05) is 19.2 Å². The normalized spacial score (nSPS) is 13.7. The molecule has 0 fully saturated rings. The summed E-state index contributed by atoms with van der Waals surface area (Å²) in [6.07, 6.45) is 0. The fraction of sp³-hybridized carbons (Fsp3) is 0.278. The molecule has 0 saturated heterocycles. The van der Waals surface area contributed by atoms with E-state index >= 15 is 0 Å². The SMILES string of the molecule is COCCOc1ccc(OP(=O)(NC(C)C(=O)O)Oc2ccc([N+](=O)[O-])cc2)cc1. The van der Waals surface area contributed by atoms with Crippen molar-refractivity contribution in [3.8, 4) is 17.2 Å². The molecule has 0 saturated carbocycles. The molecule has 2 N–H and O–H groups in total. The molecule has 0 aliphatic carbocycles. The predicted octanol–water partition coefficient (Wildman–Crippen LogP) is 3.25. The second-order valence-electron chi connectivity index (χ2n) is 5.93. The molecule has 0 aromatic heterocycles. The van der Waals surface area contributed by atoms with Crippen LogP contribution in [-0.2, 0) is 14.1 Å². The van der Waals surface area contributed by atoms with E-state index in [1.807, 2.05) is 0 Å². The van der Waals surface area contributed by atoms with Crippen LogP contribution in [0.1, 0.15) is 6.92 Å². The van der Waals surface area contributed by atoms with E-state index in [1.54, 1.807) is 19.2 Å². The Bertz CT molecular complexity index is 903. The van der Waals surface area contributed by atoms with Crippen molar-refractivity contribution in [1.82, 2.24) is 5.09 Å². The van der Waals surface area contributed by atoms with Gasteiger partial charge >= 0.3 is 13.7 Å². The molecule has 2 rings (SSSR count). The molecule has 30 heavy (non-hydrogen) atoms. The standard InChI is InChI=1S/C18H21N2O9P/c1-13(18(21)22)19-30(25,28-16-5-3-14(4-6-16)20(23)24)29-17-9-7-15(8-10-17)27-12-11-26-2/h3-10,13H,11-12H2,1-2H3,(H,19,25)(H,21,22). The van der Waals surface area contributed by atoms with Crippen LogP contribution in [0, 0.1) is 10.1 Å². The molecular formula is C18H21N2O9P. The number of carboxylic acid groups (broad SMARTS) is 1. The van der Waals surface area contributed by atoms with Gasteiger partial charge in [0.2, 0.25) is 0 Å². The van der Waals surface area contributed by atoms with Gasteiger partial charge in [-0.3, -0.25) is 14.9 Å². The van der Waals surface area contributed by atoms with Crippen molar-refractivity contribution in [2.24, 2.45) is 0 Å². The molecule has 0 amide bonds. The van der Waals surface area contributed by atoms with Gasteiger partial charge in [-0.15, -0.1) is 0 Å². The number of carbonyl (C=O) groups is 1. The summed E-state index contributed by atoms with van der Waals surface area (Å²) in [7, 11) is -2.67. The van der Waals surface area contributed by atoms with Gasteiger partial charge < -0.3 is 23.6 Å². The fourth-order valence-corrected chi connectivity index (χ4v) is 3.64. The van der Waals surface area contributed by atoms with E-state index in [-0.39, 0.29) is 17.2 Å². The molecule has 0 aliphatic heterocycles. The summed E-state index contributed by atoms with van der Waals surface area (Å²) < 4.78 is 34.3. The first-order valence-electron chi connectivity index (χ1n) is 8.68. The van der Waals surface area contributed by atoms with Crippen LogP contribution < -0.4 is 18.9 Å². The summed E-state index contributed by atoms with van der Waals surface area (Å²) in [4.78, 5) is 21.3. The van der Waals surface area contributed by atoms with E-state index in [0.29, 0.717) is 19.0 Å². The lowest BCUT2D eigenvalue weighted by Crippen LogP contribution is -2.34. The Hall–Kier alpha value is -3.14. The Morgan fingerprint density at radius 3 is 2.03 bits per heavy atom. The third kappa shape index (κ3) is 7.03. The molecule has 11 nitrogen and oxygen atoms in total. The van der Waals surface area contributed by atoms with Crippen molar-refractivity contribution in [1.29, 1.82) is 0 Å². The number of non-ortho nitro benzene ring substituents is 1. The second-order valence-corrected chi connectivity index (χ2v) is 7.55. The summed E-state index contributed by atoms with van der Waals surface area (Å²) in [5.41, 5.74) is -0.186. The van der Waals surface area contributed by atoms with Crippen molar-refractivity contribution in [3.63, 3.8) is 0 Å². The number of rotatable bonds is 12. The van der Waals surface area contributed by atoms with Gasteiger partial charge in [-0.2, -0.15) is 5.09 Å². The molecule has 0 heterocycles. The smallest absolute Gasteiger partial charge is 0.491 e. The molecule has 0 radical (unpaired) electrons. The number of nitrogens with zero attached hydrogens (tertiary/aromatic N) is 1. The van der Waals surface area contributed by atoms with Crippen molar-refractivity contribution in [3.05, 3.63) is 58.6 Å². The van der Waals surface area contributed by atoms with Crippen LogP contribution in [0.5, 0.6) is 17.2 Å². The maximum absolute atomic E-state index is 13.2. The monoisotopic (exact) mass is 440 g/mol. The Morgan fingerprint density at radius 1 is 1.07 bits per heavy atom. The van der Waals surface area contributed by atoms with E-state index < -0.39 is 24.7 Å². The first-order chi connectivity index (χ1) is 14.2. The van der Waals surface area contributed by atoms with Crippen molar-refractivity contribution in [2.75, 3.05) is 20.3 Å². The zero-order chi connectivity index (χ0) is 22.1. The lowest BCUT2D eigenvalue weighted by atomic mass is 10.3. The van der Waals surface area contributed by atoms with Gasteiger partial charge in [0.05, 0.1) is 11.5 Å². The van der Waals surface area contributed by atoms with Gasteiger partial charge in [0.25, 0.3) is 5.69 Å². The van der Waals surface area contributed by atoms with Crippen molar-refractivity contribution < 1.29 is 37.9 Å². The number of nitrogens with one attached hydrogen (secondary N) is 1. The summed E-state index contributed by atoms with van der Waals surface area (Å²) >= 11 is 0. The Kier molecular flexibility index (Phi) is 8.16. The molecule has 2 aromatic rings. The Labute approximate surface area is 172 Å². The number of nitro groups is 1. The highest BCUT2D eigenvalue weighted by atomic mass is 31.2. The molecule has 2 unspecified atom stereocenters. The number of nitro benzene ring substituents is 1. The number of ether oxygens (including phenoxy) is 2. The topological polar surface area (TPSA) is 146 Å². The number of carboxylic acids is 1. The highest BCUT2D eigenvalue weighted by Gasteiger charge is 2.33. The Balaban J connectivity index is 2.18. The van der Waals surface area contributed by atoms with Crippen LogP contribution in [-0.4, -0.2) is 42.4 Å². The number of methoxy groups -OCH3 is 1. The first-order valence-corrected chi connectivity index (χ1v) is 10.2. The molecule has 12 heteroatoms. The van der Waals surface area contributed by atoms with Crippen molar-refractivity contribution in [2.45, 2.75) is 13.0 Å². The summed E-state index contributed by atoms with van der Waals surface area (Å²) in [5.74, 6) is -0.622. The molecule has 2 atom stereocenters. The molecule has 0 spiro atoms. The molecule has 0 bridgehead atoms. The summed E-state index contributed by atoms with van der Waals surface area (Å²) in [6, 6.07) is 9.61. The minimum absolute atomic E-state index is 0.00598. The van der Waals surface area contributed by atoms with Crippen LogP contribution in [0.15, 0.2) is 48.5 Å². The quantitative estimate of drug-likeness (QED) is 0.218. The van der Waals surface area contributed by atoms with E-state index in [9.17, 15) is 19.5 Å². The van der Waals surface area contributed by atoms with Crippen LogP contribution in [0.2, 0.25) is 0 Å². The zero-order valence-corrected chi connectivity index (χ0v) is 17.1. The van der Waals surface area contributed by atoms with Gasteiger partial charge in [-0.1, -0.05) is 0 Å². The van der Waals surface area contributed by atoms with Gasteiger partial charge in [0.1, 0.15) is 29.9 Å². The van der Waals surface area contributed by atoms with E-state index in [2.05, 4.69) is 5.09 Å². The second kappa shape index (κ2) is 10.6. The van der Waals surface area contributed by atoms with E-state index in [4.69, 9.17) is 23.6 Å². The average Bonchev–Trinajstić information content (AvgIpc) is 2.69. The third-order valence-electron chi connectivity index (χ3n) is 3.60. The van der Waals surface area contributed by atoms with Gasteiger partial charge in [0.15, 0.2) is 0 Å². The molecular weight excluding hydrogens is 419 g/mol. The first kappa shape index (κ1) is 23.1. The Morgan fingerprint density at radius 2 is 1.57 bits per heavy atom. The van der Waals surface area contributed by atoms with Crippen molar-refractivity contribution >= 4 is 19.4 Å². The van der Waals surface area contributed by atoms with Crippen LogP contribution in [0.25, 0.3) is 0 Å². The van der Waals surface area contributed by atoms with Gasteiger partial charge in [-0.05, 0) is 43.3 Å². The zero-order valence-electron chi connectivity index (χ0n) is 16.2. The maximum Gasteiger partial charge on any atom is 0.513 e. The maximum atomic E-state index is 13.2. The molecule has 162 valence electrons. The summed E-state index contributed by atoms with van der Waals surface area (Å²) in [6.45, 7) is 2.02. The van der Waals surface area contributed by atoms with Crippen LogP contribution in [0.4, 0.5) is 5.69 Å². The molecule has 0 aliphatic rings. The minimum atomic E-state index is -4.21. The third-order valence-corrected chi connectivity index (χ3v) is 5.21. The van der Waals surface area contributed by atoms with E-state index in [1.165, 1.54) is 31.2 Å². The minimum Gasteiger partial charge on any atom is -0.491 e. The predicted molar refractivity (Wildman–Crippen MR) is 106 cm³/mol. The van der Waals surface area contributed by atoms with Crippen LogP contribution in [0.3, 0.4) is 0 Å². The molecule has 2 aromatic carbocycles. The summed E-state index contributed by atoms with van der Waals surface area (Å²) in [5, 5.41) is 22.2. The number of hydrogen-bond donors (Lipinski definition) is 2. The highest BCUT2D eigenvalue weighted by molar-refractivity contribution is 7.52. The average molecular weight is 440 g/mol. The number of hydrogen-bond acceptors (Lipinski definition) is 8. The highest BCUT2D eigenvalue weighted by Crippen LogP contribution is 2.45. The number of benzene rings is 2. The van der Waals surface area contributed by atoms with E-state index in [0.717, 1.165) is 12.1 Å². The van der Waals surface area contributed by atoms with Crippen LogP contribution >= 0.6 is 7.75 Å². The van der Waals surface area contributed by atoms with Gasteiger partial charge in [-0.25, -0.2) is 4.57 Å². The lowest BCUT2D eigenvalue weighted by molar-refractivity contribution is -0.384. The lowest BCUT2D eigenvalue weighted by Gasteiger charge is -2.22. The largest absolute Gasteiger partial charge is 0.513 e.